The molecule has 3 atom stereocenters. The summed E-state index contributed by atoms with van der Waals surface area (Å²) >= 11 is 0. The molecule has 0 radical (unpaired) electrons. The molecule has 0 aliphatic heterocycles. The van der Waals surface area contributed by atoms with Crippen LogP contribution < -0.4 is 4.74 Å². The number of aromatic nitrogens is 3. The van der Waals surface area contributed by atoms with Crippen molar-refractivity contribution in [1.29, 1.82) is 0 Å². The predicted molar refractivity (Wildman–Crippen MR) is 87.1 cm³/mol. The highest BCUT2D eigenvalue weighted by atomic mass is 16.5. The lowest BCUT2D eigenvalue weighted by Gasteiger charge is -2.37. The summed E-state index contributed by atoms with van der Waals surface area (Å²) in [5, 5.41) is 4.23. The third kappa shape index (κ3) is 3.32. The van der Waals surface area contributed by atoms with E-state index in [0.717, 1.165) is 18.2 Å². The second-order valence-electron chi connectivity index (χ2n) is 6.77. The van der Waals surface area contributed by atoms with Crippen LogP contribution in [0.25, 0.3) is 5.82 Å². The SMILES string of the molecule is CC(C)[C@@H]1CC[C@@H](C)C[C@H]1Oc1cccc(-n2cccn2)n1. The third-order valence-corrected chi connectivity index (χ3v) is 4.68. The van der Waals surface area contributed by atoms with E-state index in [1.165, 1.54) is 12.8 Å². The van der Waals surface area contributed by atoms with E-state index in [4.69, 9.17) is 4.74 Å². The minimum atomic E-state index is 0.268. The van der Waals surface area contributed by atoms with Gasteiger partial charge in [0.15, 0.2) is 5.82 Å². The van der Waals surface area contributed by atoms with Crippen LogP contribution in [0, 0.1) is 17.8 Å². The van der Waals surface area contributed by atoms with Crippen molar-refractivity contribution in [3.8, 4) is 11.7 Å². The monoisotopic (exact) mass is 299 g/mol. The zero-order chi connectivity index (χ0) is 15.5. The molecule has 1 saturated carbocycles. The van der Waals surface area contributed by atoms with Gasteiger partial charge in [-0.15, -0.1) is 0 Å². The maximum Gasteiger partial charge on any atom is 0.215 e. The molecule has 4 nitrogen and oxygen atoms in total. The van der Waals surface area contributed by atoms with Gasteiger partial charge >= 0.3 is 0 Å². The van der Waals surface area contributed by atoms with Gasteiger partial charge in [0.2, 0.25) is 5.88 Å². The van der Waals surface area contributed by atoms with Crippen molar-refractivity contribution in [3.05, 3.63) is 36.7 Å². The molecule has 0 unspecified atom stereocenters. The number of hydrogen-bond donors (Lipinski definition) is 0. The van der Waals surface area contributed by atoms with Crippen molar-refractivity contribution in [1.82, 2.24) is 14.8 Å². The van der Waals surface area contributed by atoms with Gasteiger partial charge < -0.3 is 4.74 Å². The first-order valence-electron chi connectivity index (χ1n) is 8.27. The molecule has 1 fully saturated rings. The van der Waals surface area contributed by atoms with Crippen molar-refractivity contribution < 1.29 is 4.74 Å². The van der Waals surface area contributed by atoms with E-state index >= 15 is 0 Å². The summed E-state index contributed by atoms with van der Waals surface area (Å²) < 4.78 is 8.05. The van der Waals surface area contributed by atoms with Crippen molar-refractivity contribution in [2.75, 3.05) is 0 Å². The molecule has 22 heavy (non-hydrogen) atoms. The molecule has 1 aliphatic carbocycles. The molecule has 0 amide bonds. The quantitative estimate of drug-likeness (QED) is 0.853. The van der Waals surface area contributed by atoms with Crippen LogP contribution in [0.4, 0.5) is 0 Å². The highest BCUT2D eigenvalue weighted by molar-refractivity contribution is 5.26. The average Bonchev–Trinajstić information content (AvgIpc) is 3.01. The molecule has 1 aliphatic rings. The van der Waals surface area contributed by atoms with E-state index in [1.54, 1.807) is 10.9 Å². The van der Waals surface area contributed by atoms with Crippen LogP contribution in [0.5, 0.6) is 5.88 Å². The van der Waals surface area contributed by atoms with E-state index in [1.807, 2.05) is 30.5 Å². The molecular weight excluding hydrogens is 274 g/mol. The number of pyridine rings is 1. The predicted octanol–water partition coefficient (Wildman–Crippen LogP) is 4.11. The fourth-order valence-corrected chi connectivity index (χ4v) is 3.41. The van der Waals surface area contributed by atoms with E-state index in [9.17, 15) is 0 Å². The summed E-state index contributed by atoms with van der Waals surface area (Å²) in [6, 6.07) is 7.77. The van der Waals surface area contributed by atoms with Crippen LogP contribution in [-0.4, -0.2) is 20.9 Å². The van der Waals surface area contributed by atoms with Crippen LogP contribution in [0.1, 0.15) is 40.0 Å². The Kier molecular flexibility index (Phi) is 4.46. The lowest BCUT2D eigenvalue weighted by Crippen LogP contribution is -2.36. The first-order chi connectivity index (χ1) is 10.6. The Bertz CT molecular complexity index is 594. The molecule has 0 bridgehead atoms. The molecular formula is C18H25N3O. The van der Waals surface area contributed by atoms with Crippen LogP contribution in [0.2, 0.25) is 0 Å². The minimum absolute atomic E-state index is 0.268. The van der Waals surface area contributed by atoms with Gasteiger partial charge in [-0.25, -0.2) is 4.68 Å². The van der Waals surface area contributed by atoms with E-state index in [-0.39, 0.29) is 6.10 Å². The van der Waals surface area contributed by atoms with E-state index < -0.39 is 0 Å². The summed E-state index contributed by atoms with van der Waals surface area (Å²) in [5.74, 6) is 3.50. The van der Waals surface area contributed by atoms with Crippen LogP contribution in [0.3, 0.4) is 0 Å². The maximum atomic E-state index is 6.29. The van der Waals surface area contributed by atoms with Gasteiger partial charge in [0.1, 0.15) is 6.10 Å². The largest absolute Gasteiger partial charge is 0.474 e. The Morgan fingerprint density at radius 2 is 2.09 bits per heavy atom. The Morgan fingerprint density at radius 3 is 2.82 bits per heavy atom. The van der Waals surface area contributed by atoms with Crippen molar-refractivity contribution >= 4 is 0 Å². The van der Waals surface area contributed by atoms with Gasteiger partial charge in [0.05, 0.1) is 0 Å². The molecule has 0 N–H and O–H groups in total. The van der Waals surface area contributed by atoms with Crippen LogP contribution in [0.15, 0.2) is 36.7 Å². The summed E-state index contributed by atoms with van der Waals surface area (Å²) in [6.07, 6.45) is 7.60. The van der Waals surface area contributed by atoms with E-state index in [0.29, 0.717) is 17.7 Å². The van der Waals surface area contributed by atoms with Gasteiger partial charge in [0.25, 0.3) is 0 Å². The van der Waals surface area contributed by atoms with Gasteiger partial charge in [-0.2, -0.15) is 10.1 Å². The fourth-order valence-electron chi connectivity index (χ4n) is 3.41. The van der Waals surface area contributed by atoms with Crippen molar-refractivity contribution in [2.24, 2.45) is 17.8 Å². The van der Waals surface area contributed by atoms with Gasteiger partial charge in [-0.05, 0) is 42.7 Å². The van der Waals surface area contributed by atoms with Crippen LogP contribution >= 0.6 is 0 Å². The highest BCUT2D eigenvalue weighted by Gasteiger charge is 2.32. The van der Waals surface area contributed by atoms with E-state index in [2.05, 4.69) is 30.9 Å². The number of hydrogen-bond acceptors (Lipinski definition) is 3. The smallest absolute Gasteiger partial charge is 0.215 e. The summed E-state index contributed by atoms with van der Waals surface area (Å²) in [6.45, 7) is 6.91. The number of rotatable bonds is 4. The zero-order valence-electron chi connectivity index (χ0n) is 13.6. The molecule has 118 valence electrons. The molecule has 2 aromatic rings. The van der Waals surface area contributed by atoms with Gasteiger partial charge in [-0.3, -0.25) is 0 Å². The van der Waals surface area contributed by atoms with Gasteiger partial charge in [-0.1, -0.05) is 33.3 Å². The fraction of sp³-hybridized carbons (Fsp3) is 0.556. The Balaban J connectivity index is 1.78. The second-order valence-corrected chi connectivity index (χ2v) is 6.77. The normalized spacial score (nSPS) is 25.4. The van der Waals surface area contributed by atoms with Crippen LogP contribution in [-0.2, 0) is 0 Å². The van der Waals surface area contributed by atoms with Gasteiger partial charge in [0, 0.05) is 18.5 Å². The second kappa shape index (κ2) is 6.51. The number of nitrogens with zero attached hydrogens (tertiary/aromatic N) is 3. The molecule has 2 heterocycles. The first-order valence-corrected chi connectivity index (χ1v) is 8.27. The number of ether oxygens (including phenoxy) is 1. The van der Waals surface area contributed by atoms with Crippen molar-refractivity contribution in [2.45, 2.75) is 46.1 Å². The maximum absolute atomic E-state index is 6.29. The summed E-state index contributed by atoms with van der Waals surface area (Å²) in [5.41, 5.74) is 0. The first kappa shape index (κ1) is 15.1. The lowest BCUT2D eigenvalue weighted by molar-refractivity contribution is 0.0426. The van der Waals surface area contributed by atoms with Crippen molar-refractivity contribution in [3.63, 3.8) is 0 Å². The average molecular weight is 299 g/mol. The lowest BCUT2D eigenvalue weighted by atomic mass is 9.75. The molecule has 2 aromatic heterocycles. The zero-order valence-corrected chi connectivity index (χ0v) is 13.6. The third-order valence-electron chi connectivity index (χ3n) is 4.68. The topological polar surface area (TPSA) is 39.9 Å². The molecule has 0 saturated heterocycles. The standard InChI is InChI=1S/C18H25N3O/c1-13(2)15-9-8-14(3)12-16(15)22-18-7-4-6-17(20-18)21-11-5-10-19-21/h4-7,10-11,13-16H,8-9,12H2,1-3H3/t14-,15+,16-/m1/s1. The molecule has 0 spiro atoms. The molecule has 0 aromatic carbocycles. The minimum Gasteiger partial charge on any atom is -0.474 e. The Hall–Kier alpha value is -1.84. The highest BCUT2D eigenvalue weighted by Crippen LogP contribution is 2.35. The summed E-state index contributed by atoms with van der Waals surface area (Å²) in [4.78, 5) is 4.61. The molecule has 4 heteroatoms. The Morgan fingerprint density at radius 1 is 1.23 bits per heavy atom. The Labute approximate surface area is 132 Å². The summed E-state index contributed by atoms with van der Waals surface area (Å²) in [7, 11) is 0. The molecule has 3 rings (SSSR count).